The number of aromatic nitrogens is 2. The fraction of sp³-hybridized carbons (Fsp3) is 0.200. The van der Waals surface area contributed by atoms with Gasteiger partial charge in [0.05, 0.1) is 18.3 Å². The number of aliphatic hydroxyl groups excluding tert-OH is 1. The summed E-state index contributed by atoms with van der Waals surface area (Å²) in [6.07, 6.45) is 4.78. The van der Waals surface area contributed by atoms with Gasteiger partial charge in [-0.3, -0.25) is 9.48 Å². The van der Waals surface area contributed by atoms with Crippen molar-refractivity contribution in [3.63, 3.8) is 0 Å². The number of hydrogen-bond donors (Lipinski definition) is 2. The minimum Gasteiger partial charge on any atom is -0.394 e. The molecule has 2 aromatic rings. The lowest BCUT2D eigenvalue weighted by atomic mass is 10.1. The topological polar surface area (TPSA) is 67.2 Å². The van der Waals surface area contributed by atoms with Gasteiger partial charge in [0.1, 0.15) is 0 Å². The van der Waals surface area contributed by atoms with E-state index in [4.69, 9.17) is 0 Å². The van der Waals surface area contributed by atoms with E-state index in [1.54, 1.807) is 24.0 Å². The first-order valence-corrected chi connectivity index (χ1v) is 6.33. The van der Waals surface area contributed by atoms with E-state index >= 15 is 0 Å². The number of hydrogen-bond acceptors (Lipinski definition) is 3. The molecule has 1 atom stereocenters. The molecule has 1 aromatic heterocycles. The molecule has 0 radical (unpaired) electrons. The third-order valence-corrected chi connectivity index (χ3v) is 2.97. The summed E-state index contributed by atoms with van der Waals surface area (Å²) >= 11 is 0. The van der Waals surface area contributed by atoms with Crippen molar-refractivity contribution in [1.29, 1.82) is 0 Å². The third-order valence-electron chi connectivity index (χ3n) is 2.97. The summed E-state index contributed by atoms with van der Waals surface area (Å²) in [5.41, 5.74) is 1.71. The maximum absolute atomic E-state index is 11.9. The Morgan fingerprint density at radius 1 is 1.40 bits per heavy atom. The number of carbonyl (C=O) groups excluding carboxylic acids is 1. The summed E-state index contributed by atoms with van der Waals surface area (Å²) in [5, 5.41) is 16.1. The molecule has 0 spiro atoms. The number of aliphatic hydroxyl groups is 1. The van der Waals surface area contributed by atoms with Crippen LogP contribution in [0, 0.1) is 0 Å². The molecule has 0 fully saturated rings. The first-order chi connectivity index (χ1) is 9.70. The van der Waals surface area contributed by atoms with Gasteiger partial charge in [-0.2, -0.15) is 5.10 Å². The summed E-state index contributed by atoms with van der Waals surface area (Å²) in [7, 11) is 1.80. The predicted octanol–water partition coefficient (Wildman–Crippen LogP) is 1.28. The molecule has 1 aromatic carbocycles. The molecular weight excluding hydrogens is 254 g/mol. The molecule has 0 bridgehead atoms. The summed E-state index contributed by atoms with van der Waals surface area (Å²) < 4.78 is 1.67. The summed E-state index contributed by atoms with van der Waals surface area (Å²) in [5.74, 6) is -0.255. The minimum atomic E-state index is -0.403. The molecule has 0 saturated carbocycles. The molecule has 0 aliphatic carbocycles. The van der Waals surface area contributed by atoms with Gasteiger partial charge in [0.25, 0.3) is 0 Å². The Morgan fingerprint density at radius 2 is 2.15 bits per heavy atom. The van der Waals surface area contributed by atoms with Gasteiger partial charge in [-0.1, -0.05) is 30.3 Å². The monoisotopic (exact) mass is 271 g/mol. The van der Waals surface area contributed by atoms with Gasteiger partial charge in [-0.15, -0.1) is 0 Å². The van der Waals surface area contributed by atoms with Gasteiger partial charge in [-0.05, 0) is 17.7 Å². The van der Waals surface area contributed by atoms with Gasteiger partial charge in [0.15, 0.2) is 0 Å². The van der Waals surface area contributed by atoms with Crippen LogP contribution in [0.25, 0.3) is 6.08 Å². The van der Waals surface area contributed by atoms with Crippen molar-refractivity contribution >= 4 is 12.0 Å². The SMILES string of the molecule is Cn1nccc1/C=C/C(=O)N[C@@H](CO)c1ccccc1. The fourth-order valence-corrected chi connectivity index (χ4v) is 1.85. The Labute approximate surface area is 117 Å². The van der Waals surface area contributed by atoms with E-state index in [2.05, 4.69) is 10.4 Å². The van der Waals surface area contributed by atoms with Crippen LogP contribution >= 0.6 is 0 Å². The minimum absolute atomic E-state index is 0.144. The molecule has 0 saturated heterocycles. The Morgan fingerprint density at radius 3 is 2.75 bits per heavy atom. The van der Waals surface area contributed by atoms with Crippen LogP contribution in [-0.2, 0) is 11.8 Å². The van der Waals surface area contributed by atoms with Crippen LogP contribution in [0.15, 0.2) is 48.7 Å². The van der Waals surface area contributed by atoms with Crippen LogP contribution in [0.4, 0.5) is 0 Å². The molecule has 1 heterocycles. The lowest BCUT2D eigenvalue weighted by Crippen LogP contribution is -2.29. The van der Waals surface area contributed by atoms with Gasteiger partial charge in [0, 0.05) is 19.3 Å². The van der Waals surface area contributed by atoms with Crippen molar-refractivity contribution < 1.29 is 9.90 Å². The van der Waals surface area contributed by atoms with Crippen molar-refractivity contribution in [1.82, 2.24) is 15.1 Å². The fourth-order valence-electron chi connectivity index (χ4n) is 1.85. The average Bonchev–Trinajstić information content (AvgIpc) is 2.89. The van der Waals surface area contributed by atoms with E-state index < -0.39 is 6.04 Å². The first kappa shape index (κ1) is 14.0. The first-order valence-electron chi connectivity index (χ1n) is 6.33. The zero-order valence-electron chi connectivity index (χ0n) is 11.2. The smallest absolute Gasteiger partial charge is 0.244 e. The van der Waals surface area contributed by atoms with Crippen LogP contribution < -0.4 is 5.32 Å². The summed E-state index contributed by atoms with van der Waals surface area (Å²) in [6.45, 7) is -0.144. The molecule has 0 aliphatic heterocycles. The second kappa shape index (κ2) is 6.68. The molecule has 1 amide bonds. The highest BCUT2D eigenvalue weighted by Crippen LogP contribution is 2.11. The lowest BCUT2D eigenvalue weighted by molar-refractivity contribution is -0.117. The number of nitrogens with one attached hydrogen (secondary N) is 1. The number of nitrogens with zero attached hydrogens (tertiary/aromatic N) is 2. The number of benzene rings is 1. The predicted molar refractivity (Wildman–Crippen MR) is 76.7 cm³/mol. The number of aryl methyl sites for hydroxylation is 1. The number of amides is 1. The number of carbonyl (C=O) groups is 1. The second-order valence-electron chi connectivity index (χ2n) is 4.37. The molecule has 5 heteroatoms. The van der Waals surface area contributed by atoms with Crippen LogP contribution in [0.2, 0.25) is 0 Å². The van der Waals surface area contributed by atoms with Crippen molar-refractivity contribution in [3.05, 3.63) is 59.9 Å². The van der Waals surface area contributed by atoms with Crippen molar-refractivity contribution in [2.75, 3.05) is 6.61 Å². The van der Waals surface area contributed by atoms with Crippen LogP contribution in [0.1, 0.15) is 17.3 Å². The molecule has 104 valence electrons. The largest absolute Gasteiger partial charge is 0.394 e. The molecule has 0 unspecified atom stereocenters. The van der Waals surface area contributed by atoms with E-state index in [0.29, 0.717) is 0 Å². The summed E-state index contributed by atoms with van der Waals surface area (Å²) in [6, 6.07) is 10.8. The Hall–Kier alpha value is -2.40. The lowest BCUT2D eigenvalue weighted by Gasteiger charge is -2.15. The van der Waals surface area contributed by atoms with E-state index in [0.717, 1.165) is 11.3 Å². The van der Waals surface area contributed by atoms with Crippen LogP contribution in [0.3, 0.4) is 0 Å². The van der Waals surface area contributed by atoms with Gasteiger partial charge < -0.3 is 10.4 Å². The van der Waals surface area contributed by atoms with E-state index in [1.165, 1.54) is 6.08 Å². The van der Waals surface area contributed by atoms with Gasteiger partial charge in [-0.25, -0.2) is 0 Å². The van der Waals surface area contributed by atoms with E-state index in [1.807, 2.05) is 36.4 Å². The molecule has 5 nitrogen and oxygen atoms in total. The van der Waals surface area contributed by atoms with Crippen LogP contribution in [-0.4, -0.2) is 27.4 Å². The van der Waals surface area contributed by atoms with Crippen molar-refractivity contribution in [2.45, 2.75) is 6.04 Å². The highest BCUT2D eigenvalue weighted by atomic mass is 16.3. The summed E-state index contributed by atoms with van der Waals surface area (Å²) in [4.78, 5) is 11.9. The third kappa shape index (κ3) is 3.55. The zero-order chi connectivity index (χ0) is 14.4. The Kier molecular flexibility index (Phi) is 4.68. The van der Waals surface area contributed by atoms with Crippen molar-refractivity contribution in [2.24, 2.45) is 7.05 Å². The quantitative estimate of drug-likeness (QED) is 0.805. The molecule has 0 aliphatic rings. The highest BCUT2D eigenvalue weighted by molar-refractivity contribution is 5.91. The average molecular weight is 271 g/mol. The second-order valence-corrected chi connectivity index (χ2v) is 4.37. The highest BCUT2D eigenvalue weighted by Gasteiger charge is 2.11. The van der Waals surface area contributed by atoms with E-state index in [-0.39, 0.29) is 12.5 Å². The zero-order valence-corrected chi connectivity index (χ0v) is 11.2. The maximum atomic E-state index is 11.9. The normalized spacial score (nSPS) is 12.5. The van der Waals surface area contributed by atoms with E-state index in [9.17, 15) is 9.90 Å². The number of rotatable bonds is 5. The Bertz CT molecular complexity index is 590. The standard InChI is InChI=1S/C15H17N3O2/c1-18-13(9-10-16-18)7-8-15(20)17-14(11-19)12-5-3-2-4-6-12/h2-10,14,19H,11H2,1H3,(H,17,20)/b8-7+/t14-/m0/s1. The molecular formula is C15H17N3O2. The maximum Gasteiger partial charge on any atom is 0.244 e. The van der Waals surface area contributed by atoms with Crippen molar-refractivity contribution in [3.8, 4) is 0 Å². The van der Waals surface area contributed by atoms with Gasteiger partial charge in [0.2, 0.25) is 5.91 Å². The van der Waals surface area contributed by atoms with Gasteiger partial charge >= 0.3 is 0 Å². The Balaban J connectivity index is 2.00. The molecule has 20 heavy (non-hydrogen) atoms. The molecule has 2 rings (SSSR count). The molecule has 2 N–H and O–H groups in total. The van der Waals surface area contributed by atoms with Crippen LogP contribution in [0.5, 0.6) is 0 Å².